The molecule has 9 nitrogen and oxygen atoms in total. The molecular formula is C25H26N6O3. The molecule has 5 rings (SSSR count). The molecule has 0 aliphatic carbocycles. The van der Waals surface area contributed by atoms with E-state index >= 15 is 0 Å². The maximum absolute atomic E-state index is 12.1. The van der Waals surface area contributed by atoms with Crippen LogP contribution in [-0.2, 0) is 16.0 Å². The van der Waals surface area contributed by atoms with Gasteiger partial charge in [-0.25, -0.2) is 4.68 Å². The second-order valence-electron chi connectivity index (χ2n) is 8.28. The number of carbonyl (C=O) groups is 2. The van der Waals surface area contributed by atoms with Gasteiger partial charge in [-0.15, -0.1) is 0 Å². The summed E-state index contributed by atoms with van der Waals surface area (Å²) in [7, 11) is 0. The standard InChI is InChI=1S/C25H26N6O3/c1-2-23(32)28-18-12-19(30-7-9-34-10-8-30)14-20(13-18)31-15-22(24(26)29-31)16-3-4-21-17(11-16)5-6-27-25(21)33/h2-4,11-15H,1,5-10H2,(H2,26,29)(H,27,33)(H,28,32). The topological polar surface area (TPSA) is 115 Å². The molecule has 3 heterocycles. The van der Waals surface area contributed by atoms with Crippen LogP contribution < -0.4 is 21.3 Å². The van der Waals surface area contributed by atoms with Crippen molar-refractivity contribution in [2.24, 2.45) is 0 Å². The van der Waals surface area contributed by atoms with Crippen molar-refractivity contribution in [2.45, 2.75) is 6.42 Å². The van der Waals surface area contributed by atoms with Crippen molar-refractivity contribution in [2.75, 3.05) is 48.8 Å². The lowest BCUT2D eigenvalue weighted by molar-refractivity contribution is -0.111. The van der Waals surface area contributed by atoms with Gasteiger partial charge in [-0.2, -0.15) is 5.10 Å². The second kappa shape index (κ2) is 9.03. The van der Waals surface area contributed by atoms with Crippen molar-refractivity contribution in [3.05, 3.63) is 66.4 Å². The molecule has 4 N–H and O–H groups in total. The predicted octanol–water partition coefficient (Wildman–Crippen LogP) is 2.37. The van der Waals surface area contributed by atoms with Crippen LogP contribution in [0.15, 0.2) is 55.3 Å². The van der Waals surface area contributed by atoms with E-state index in [9.17, 15) is 9.59 Å². The van der Waals surface area contributed by atoms with E-state index in [0.717, 1.165) is 47.6 Å². The Balaban J connectivity index is 1.53. The van der Waals surface area contributed by atoms with Crippen molar-refractivity contribution in [1.82, 2.24) is 15.1 Å². The van der Waals surface area contributed by atoms with E-state index in [-0.39, 0.29) is 11.8 Å². The van der Waals surface area contributed by atoms with Gasteiger partial charge in [-0.3, -0.25) is 9.59 Å². The molecule has 0 unspecified atom stereocenters. The number of amides is 2. The summed E-state index contributed by atoms with van der Waals surface area (Å²) in [5.41, 5.74) is 12.0. The average Bonchev–Trinajstić information content (AvgIpc) is 3.26. The lowest BCUT2D eigenvalue weighted by Crippen LogP contribution is -2.36. The number of rotatable bonds is 5. The number of ether oxygens (including phenoxy) is 1. The number of nitrogens with zero attached hydrogens (tertiary/aromatic N) is 3. The number of anilines is 3. The van der Waals surface area contributed by atoms with Crippen molar-refractivity contribution in [1.29, 1.82) is 0 Å². The van der Waals surface area contributed by atoms with Crippen molar-refractivity contribution < 1.29 is 14.3 Å². The monoisotopic (exact) mass is 458 g/mol. The highest BCUT2D eigenvalue weighted by Crippen LogP contribution is 2.31. The highest BCUT2D eigenvalue weighted by Gasteiger charge is 2.19. The second-order valence-corrected chi connectivity index (χ2v) is 8.28. The lowest BCUT2D eigenvalue weighted by Gasteiger charge is -2.29. The molecular weight excluding hydrogens is 432 g/mol. The molecule has 0 saturated carbocycles. The highest BCUT2D eigenvalue weighted by molar-refractivity contribution is 5.99. The minimum Gasteiger partial charge on any atom is -0.382 e. The van der Waals surface area contributed by atoms with Crippen LogP contribution in [0.25, 0.3) is 16.8 Å². The van der Waals surface area contributed by atoms with Crippen LogP contribution in [0, 0.1) is 0 Å². The maximum Gasteiger partial charge on any atom is 0.251 e. The third kappa shape index (κ3) is 4.25. The Hall–Kier alpha value is -4.11. The first kappa shape index (κ1) is 21.7. The number of fused-ring (bicyclic) bond motifs is 1. The van der Waals surface area contributed by atoms with Crippen molar-refractivity contribution >= 4 is 29.0 Å². The fourth-order valence-electron chi connectivity index (χ4n) is 4.33. The number of benzene rings is 2. The van der Waals surface area contributed by atoms with Crippen LogP contribution in [0.5, 0.6) is 0 Å². The molecule has 2 amide bonds. The summed E-state index contributed by atoms with van der Waals surface area (Å²) in [6.45, 7) is 6.97. The first-order chi connectivity index (χ1) is 16.5. The first-order valence-electron chi connectivity index (χ1n) is 11.2. The molecule has 3 aromatic rings. The number of nitrogen functional groups attached to an aromatic ring is 1. The number of aromatic nitrogens is 2. The number of hydrogen-bond acceptors (Lipinski definition) is 6. The van der Waals surface area contributed by atoms with Gasteiger partial charge < -0.3 is 26.0 Å². The van der Waals surface area contributed by atoms with Gasteiger partial charge in [-0.1, -0.05) is 18.7 Å². The fraction of sp³-hybridized carbons (Fsp3) is 0.240. The maximum atomic E-state index is 12.1. The Morgan fingerprint density at radius 3 is 2.74 bits per heavy atom. The van der Waals surface area contributed by atoms with Gasteiger partial charge in [0.15, 0.2) is 5.82 Å². The third-order valence-electron chi connectivity index (χ3n) is 6.08. The Labute approximate surface area is 197 Å². The van der Waals surface area contributed by atoms with Crippen molar-refractivity contribution in [3.63, 3.8) is 0 Å². The molecule has 0 bridgehead atoms. The molecule has 0 radical (unpaired) electrons. The summed E-state index contributed by atoms with van der Waals surface area (Å²) in [5, 5.41) is 10.3. The van der Waals surface area contributed by atoms with Crippen LogP contribution in [0.1, 0.15) is 15.9 Å². The minimum atomic E-state index is -0.288. The fourth-order valence-corrected chi connectivity index (χ4v) is 4.33. The molecule has 0 spiro atoms. The summed E-state index contributed by atoms with van der Waals surface area (Å²) in [5.74, 6) is 0.0444. The molecule has 9 heteroatoms. The highest BCUT2D eigenvalue weighted by atomic mass is 16.5. The van der Waals surface area contributed by atoms with E-state index in [1.165, 1.54) is 6.08 Å². The van der Waals surface area contributed by atoms with Gasteiger partial charge in [-0.05, 0) is 47.9 Å². The Kier molecular flexibility index (Phi) is 5.77. The Morgan fingerprint density at radius 2 is 1.94 bits per heavy atom. The predicted molar refractivity (Wildman–Crippen MR) is 131 cm³/mol. The van der Waals surface area contributed by atoms with E-state index in [1.54, 1.807) is 4.68 Å². The zero-order valence-corrected chi connectivity index (χ0v) is 18.7. The van der Waals surface area contributed by atoms with Gasteiger partial charge in [0, 0.05) is 48.3 Å². The molecule has 34 heavy (non-hydrogen) atoms. The lowest BCUT2D eigenvalue weighted by atomic mass is 9.96. The van der Waals surface area contributed by atoms with Crippen LogP contribution in [-0.4, -0.2) is 54.4 Å². The summed E-state index contributed by atoms with van der Waals surface area (Å²) >= 11 is 0. The van der Waals surface area contributed by atoms with E-state index in [4.69, 9.17) is 10.5 Å². The van der Waals surface area contributed by atoms with E-state index in [0.29, 0.717) is 36.8 Å². The zero-order chi connectivity index (χ0) is 23.7. The minimum absolute atomic E-state index is 0.0505. The number of morpholine rings is 1. The van der Waals surface area contributed by atoms with E-state index in [1.807, 2.05) is 42.6 Å². The molecule has 1 aromatic heterocycles. The summed E-state index contributed by atoms with van der Waals surface area (Å²) in [6.07, 6.45) is 3.88. The molecule has 1 saturated heterocycles. The van der Waals surface area contributed by atoms with Gasteiger partial charge in [0.05, 0.1) is 18.9 Å². The van der Waals surface area contributed by atoms with Crippen LogP contribution in [0.3, 0.4) is 0 Å². The van der Waals surface area contributed by atoms with E-state index < -0.39 is 0 Å². The smallest absolute Gasteiger partial charge is 0.251 e. The first-order valence-corrected chi connectivity index (χ1v) is 11.2. The number of carbonyl (C=O) groups excluding carboxylic acids is 2. The Bertz CT molecular complexity index is 1280. The SMILES string of the molecule is C=CC(=O)Nc1cc(N2CCOCC2)cc(-n2cc(-c3ccc4c(c3)CCNC4=O)c(N)n2)c1. The number of nitrogens with one attached hydrogen (secondary N) is 2. The summed E-state index contributed by atoms with van der Waals surface area (Å²) in [4.78, 5) is 26.3. The summed E-state index contributed by atoms with van der Waals surface area (Å²) in [6, 6.07) is 11.5. The van der Waals surface area contributed by atoms with Crippen LogP contribution >= 0.6 is 0 Å². The molecule has 0 atom stereocenters. The van der Waals surface area contributed by atoms with Gasteiger partial charge >= 0.3 is 0 Å². The summed E-state index contributed by atoms with van der Waals surface area (Å²) < 4.78 is 7.19. The van der Waals surface area contributed by atoms with Crippen LogP contribution in [0.2, 0.25) is 0 Å². The number of hydrogen-bond donors (Lipinski definition) is 3. The average molecular weight is 459 g/mol. The van der Waals surface area contributed by atoms with Gasteiger partial charge in [0.1, 0.15) is 0 Å². The molecule has 2 aliphatic heterocycles. The molecule has 2 aromatic carbocycles. The Morgan fingerprint density at radius 1 is 1.15 bits per heavy atom. The quantitative estimate of drug-likeness (QED) is 0.506. The molecule has 1 fully saturated rings. The van der Waals surface area contributed by atoms with Crippen LogP contribution in [0.4, 0.5) is 17.2 Å². The van der Waals surface area contributed by atoms with Gasteiger partial charge in [0.25, 0.3) is 5.91 Å². The van der Waals surface area contributed by atoms with Crippen molar-refractivity contribution in [3.8, 4) is 16.8 Å². The largest absolute Gasteiger partial charge is 0.382 e. The normalized spacial score (nSPS) is 15.4. The van der Waals surface area contributed by atoms with E-state index in [2.05, 4.69) is 27.2 Å². The van der Waals surface area contributed by atoms with Gasteiger partial charge in [0.2, 0.25) is 5.91 Å². The third-order valence-corrected chi connectivity index (χ3v) is 6.08. The number of nitrogens with two attached hydrogens (primary N) is 1. The zero-order valence-electron chi connectivity index (χ0n) is 18.7. The molecule has 174 valence electrons. The molecule has 2 aliphatic rings.